The van der Waals surface area contributed by atoms with Crippen LogP contribution in [0.2, 0.25) is 0 Å². The van der Waals surface area contributed by atoms with E-state index in [0.29, 0.717) is 36.8 Å². The third-order valence-electron chi connectivity index (χ3n) is 6.76. The summed E-state index contributed by atoms with van der Waals surface area (Å²) in [6, 6.07) is 14.8. The lowest BCUT2D eigenvalue weighted by Crippen LogP contribution is -2.46. The van der Waals surface area contributed by atoms with E-state index in [1.165, 1.54) is 23.1 Å². The SMILES string of the molecule is COc1ccc(-c2ccc(N3CCCN(C(=O)CN(C(=O)c4cccc(F)c4)C(C)C)CC3)nn2)cc1OC. The molecule has 1 saturated heterocycles. The first-order valence-electron chi connectivity index (χ1n) is 13.0. The summed E-state index contributed by atoms with van der Waals surface area (Å²) < 4.78 is 24.4. The molecule has 0 aliphatic carbocycles. The first kappa shape index (κ1) is 27.8. The third kappa shape index (κ3) is 6.63. The zero-order chi connectivity index (χ0) is 27.9. The molecule has 0 unspecified atom stereocenters. The molecule has 0 N–H and O–H groups in total. The largest absolute Gasteiger partial charge is 0.493 e. The van der Waals surface area contributed by atoms with Gasteiger partial charge in [-0.15, -0.1) is 10.2 Å². The highest BCUT2D eigenvalue weighted by Gasteiger charge is 2.26. The van der Waals surface area contributed by atoms with Crippen molar-refractivity contribution < 1.29 is 23.5 Å². The monoisotopic (exact) mass is 535 g/mol. The van der Waals surface area contributed by atoms with Gasteiger partial charge in [-0.1, -0.05) is 6.07 Å². The predicted octanol–water partition coefficient (Wildman–Crippen LogP) is 3.89. The Bertz CT molecular complexity index is 1300. The van der Waals surface area contributed by atoms with Gasteiger partial charge in [-0.25, -0.2) is 4.39 Å². The van der Waals surface area contributed by atoms with Crippen molar-refractivity contribution in [3.8, 4) is 22.8 Å². The van der Waals surface area contributed by atoms with E-state index in [9.17, 15) is 14.0 Å². The Balaban J connectivity index is 1.39. The molecule has 3 aromatic rings. The van der Waals surface area contributed by atoms with Crippen LogP contribution in [0.1, 0.15) is 30.6 Å². The third-order valence-corrected chi connectivity index (χ3v) is 6.76. The number of ether oxygens (including phenoxy) is 2. The van der Waals surface area contributed by atoms with Crippen LogP contribution in [0.25, 0.3) is 11.3 Å². The number of rotatable bonds is 8. The minimum Gasteiger partial charge on any atom is -0.493 e. The molecular formula is C29H34FN5O4. The van der Waals surface area contributed by atoms with E-state index in [4.69, 9.17) is 9.47 Å². The second-order valence-corrected chi connectivity index (χ2v) is 9.61. The summed E-state index contributed by atoms with van der Waals surface area (Å²) in [6.07, 6.45) is 0.754. The first-order chi connectivity index (χ1) is 18.8. The Labute approximate surface area is 228 Å². The molecule has 206 valence electrons. The fourth-order valence-corrected chi connectivity index (χ4v) is 4.56. The molecule has 2 heterocycles. The molecule has 4 rings (SSSR count). The van der Waals surface area contributed by atoms with Crippen molar-refractivity contribution in [3.63, 3.8) is 0 Å². The van der Waals surface area contributed by atoms with Crippen LogP contribution in [0.15, 0.2) is 54.6 Å². The molecule has 1 aliphatic rings. The van der Waals surface area contributed by atoms with Crippen LogP contribution in [-0.2, 0) is 4.79 Å². The van der Waals surface area contributed by atoms with E-state index in [2.05, 4.69) is 15.1 Å². The smallest absolute Gasteiger partial charge is 0.254 e. The molecule has 9 nitrogen and oxygen atoms in total. The average Bonchev–Trinajstić information content (AvgIpc) is 3.21. The van der Waals surface area contributed by atoms with Crippen molar-refractivity contribution in [2.24, 2.45) is 0 Å². The van der Waals surface area contributed by atoms with Gasteiger partial charge in [0.15, 0.2) is 17.3 Å². The number of amides is 2. The quantitative estimate of drug-likeness (QED) is 0.433. The zero-order valence-corrected chi connectivity index (χ0v) is 22.8. The number of hydrogen-bond donors (Lipinski definition) is 0. The molecule has 2 aromatic carbocycles. The summed E-state index contributed by atoms with van der Waals surface area (Å²) in [6.45, 7) is 6.02. The van der Waals surface area contributed by atoms with Crippen LogP contribution in [0.3, 0.4) is 0 Å². The molecule has 0 saturated carbocycles. The van der Waals surface area contributed by atoms with Gasteiger partial charge in [-0.3, -0.25) is 9.59 Å². The minimum absolute atomic E-state index is 0.0627. The standard InChI is InChI=1S/C29H34FN5O4/c1-20(2)35(29(37)22-7-5-8-23(30)17-22)19-28(36)34-14-6-13-33(15-16-34)27-12-10-24(31-32-27)21-9-11-25(38-3)26(18-21)39-4/h5,7-12,17-18,20H,6,13-16,19H2,1-4H3. The summed E-state index contributed by atoms with van der Waals surface area (Å²) in [4.78, 5) is 31.6. The first-order valence-corrected chi connectivity index (χ1v) is 13.0. The molecule has 0 bridgehead atoms. The average molecular weight is 536 g/mol. The van der Waals surface area contributed by atoms with Crippen LogP contribution in [0, 0.1) is 5.82 Å². The number of nitrogens with zero attached hydrogens (tertiary/aromatic N) is 5. The van der Waals surface area contributed by atoms with Crippen LogP contribution >= 0.6 is 0 Å². The van der Waals surface area contributed by atoms with Crippen LogP contribution in [0.4, 0.5) is 10.2 Å². The topological polar surface area (TPSA) is 88.1 Å². The van der Waals surface area contributed by atoms with Gasteiger partial charge in [0.05, 0.1) is 19.9 Å². The highest BCUT2D eigenvalue weighted by molar-refractivity contribution is 5.96. The van der Waals surface area contributed by atoms with Gasteiger partial charge in [0.1, 0.15) is 12.4 Å². The van der Waals surface area contributed by atoms with Gasteiger partial charge >= 0.3 is 0 Å². The predicted molar refractivity (Wildman–Crippen MR) is 147 cm³/mol. The Morgan fingerprint density at radius 3 is 2.41 bits per heavy atom. The summed E-state index contributed by atoms with van der Waals surface area (Å²) in [5, 5.41) is 8.85. The van der Waals surface area contributed by atoms with Crippen molar-refractivity contribution in [1.82, 2.24) is 20.0 Å². The number of halogens is 1. The van der Waals surface area contributed by atoms with Gasteiger partial charge in [0, 0.05) is 43.3 Å². The van der Waals surface area contributed by atoms with Gasteiger partial charge in [0.2, 0.25) is 5.91 Å². The highest BCUT2D eigenvalue weighted by Crippen LogP contribution is 2.31. The maximum atomic E-state index is 13.7. The van der Waals surface area contributed by atoms with Crippen molar-refractivity contribution in [2.75, 3.05) is 51.8 Å². The minimum atomic E-state index is -0.483. The summed E-state index contributed by atoms with van der Waals surface area (Å²) in [5.74, 6) is 1.02. The number of carbonyl (C=O) groups excluding carboxylic acids is 2. The zero-order valence-electron chi connectivity index (χ0n) is 22.8. The van der Waals surface area contributed by atoms with E-state index in [0.717, 1.165) is 24.3 Å². The molecule has 2 amide bonds. The molecule has 1 aromatic heterocycles. The molecule has 1 aliphatic heterocycles. The number of hydrogen-bond acceptors (Lipinski definition) is 7. The molecular weight excluding hydrogens is 501 g/mol. The Morgan fingerprint density at radius 1 is 0.949 bits per heavy atom. The lowest BCUT2D eigenvalue weighted by atomic mass is 10.1. The summed E-state index contributed by atoms with van der Waals surface area (Å²) in [5.41, 5.74) is 1.80. The van der Waals surface area contributed by atoms with E-state index >= 15 is 0 Å². The van der Waals surface area contributed by atoms with Gasteiger partial charge in [-0.2, -0.15) is 0 Å². The van der Waals surface area contributed by atoms with Crippen molar-refractivity contribution in [2.45, 2.75) is 26.3 Å². The molecule has 0 radical (unpaired) electrons. The number of methoxy groups -OCH3 is 2. The normalized spacial score (nSPS) is 13.7. The second kappa shape index (κ2) is 12.6. The number of carbonyl (C=O) groups is 2. The van der Waals surface area contributed by atoms with E-state index < -0.39 is 5.82 Å². The molecule has 10 heteroatoms. The lowest BCUT2D eigenvalue weighted by Gasteiger charge is -2.29. The lowest BCUT2D eigenvalue weighted by molar-refractivity contribution is -0.132. The van der Waals surface area contributed by atoms with E-state index in [1.54, 1.807) is 25.2 Å². The number of benzene rings is 2. The maximum Gasteiger partial charge on any atom is 0.254 e. The van der Waals surface area contributed by atoms with Crippen molar-refractivity contribution in [1.29, 1.82) is 0 Å². The van der Waals surface area contributed by atoms with Crippen LogP contribution in [-0.4, -0.2) is 84.8 Å². The van der Waals surface area contributed by atoms with E-state index in [-0.39, 0.29) is 30.0 Å². The molecule has 1 fully saturated rings. The second-order valence-electron chi connectivity index (χ2n) is 9.61. The molecule has 0 atom stereocenters. The number of aromatic nitrogens is 2. The van der Waals surface area contributed by atoms with Gasteiger partial charge in [-0.05, 0) is 68.8 Å². The maximum absolute atomic E-state index is 13.7. The summed E-state index contributed by atoms with van der Waals surface area (Å²) >= 11 is 0. The Kier molecular flexibility index (Phi) is 8.96. The van der Waals surface area contributed by atoms with Gasteiger partial charge in [0.25, 0.3) is 5.91 Å². The van der Waals surface area contributed by atoms with Crippen molar-refractivity contribution in [3.05, 3.63) is 66.0 Å². The number of anilines is 1. The fraction of sp³-hybridized carbons (Fsp3) is 0.379. The van der Waals surface area contributed by atoms with Crippen LogP contribution < -0.4 is 14.4 Å². The molecule has 39 heavy (non-hydrogen) atoms. The fourth-order valence-electron chi connectivity index (χ4n) is 4.56. The van der Waals surface area contributed by atoms with Crippen molar-refractivity contribution >= 4 is 17.6 Å². The van der Waals surface area contributed by atoms with E-state index in [1.807, 2.05) is 44.2 Å². The Hall–Kier alpha value is -4.21. The Morgan fingerprint density at radius 2 is 1.74 bits per heavy atom. The molecule has 0 spiro atoms. The van der Waals surface area contributed by atoms with Crippen LogP contribution in [0.5, 0.6) is 11.5 Å². The summed E-state index contributed by atoms with van der Waals surface area (Å²) in [7, 11) is 3.18. The highest BCUT2D eigenvalue weighted by atomic mass is 19.1. The van der Waals surface area contributed by atoms with Gasteiger partial charge < -0.3 is 24.2 Å².